The van der Waals surface area contributed by atoms with Gasteiger partial charge in [0.05, 0.1) is 13.2 Å². The fourth-order valence-corrected chi connectivity index (χ4v) is 2.92. The summed E-state index contributed by atoms with van der Waals surface area (Å²) in [7, 11) is 0. The Labute approximate surface area is 125 Å². The van der Waals surface area contributed by atoms with Gasteiger partial charge in [0.25, 0.3) is 0 Å². The Morgan fingerprint density at radius 1 is 1.23 bits per heavy atom. The van der Waals surface area contributed by atoms with E-state index in [1.54, 1.807) is 6.07 Å². The molecule has 1 aromatic rings. The molecule has 0 fully saturated rings. The van der Waals surface area contributed by atoms with E-state index in [0.29, 0.717) is 13.0 Å². The lowest BCUT2D eigenvalue weighted by atomic mass is 9.74. The largest absolute Gasteiger partial charge is 0.493 e. The molecule has 22 heavy (non-hydrogen) atoms. The van der Waals surface area contributed by atoms with E-state index in [0.717, 1.165) is 5.56 Å². The van der Waals surface area contributed by atoms with E-state index in [2.05, 4.69) is 0 Å². The molecule has 2 rings (SSSR count). The number of halogens is 4. The van der Waals surface area contributed by atoms with E-state index >= 15 is 0 Å². The van der Waals surface area contributed by atoms with Crippen molar-refractivity contribution in [1.29, 1.82) is 0 Å². The van der Waals surface area contributed by atoms with Crippen LogP contribution in [0.1, 0.15) is 31.4 Å². The fraction of sp³-hybridized carbons (Fsp3) is 0.600. The van der Waals surface area contributed by atoms with Gasteiger partial charge < -0.3 is 14.9 Å². The molecule has 0 spiro atoms. The quantitative estimate of drug-likeness (QED) is 0.838. The van der Waals surface area contributed by atoms with Gasteiger partial charge in [-0.2, -0.15) is 13.2 Å². The maximum atomic E-state index is 14.2. The topological polar surface area (TPSA) is 49.7 Å². The van der Waals surface area contributed by atoms with Crippen LogP contribution in [0.5, 0.6) is 5.75 Å². The second kappa shape index (κ2) is 5.38. The van der Waals surface area contributed by atoms with Gasteiger partial charge in [-0.05, 0) is 23.5 Å². The fourth-order valence-electron chi connectivity index (χ4n) is 2.92. The lowest BCUT2D eigenvalue weighted by Crippen LogP contribution is -2.52. The number of alkyl halides is 3. The second-order valence-electron chi connectivity index (χ2n) is 6.26. The Morgan fingerprint density at radius 3 is 2.41 bits per heavy atom. The van der Waals surface area contributed by atoms with E-state index in [4.69, 9.17) is 9.84 Å². The molecule has 0 saturated heterocycles. The first-order valence-electron chi connectivity index (χ1n) is 6.86. The highest BCUT2D eigenvalue weighted by atomic mass is 19.4. The van der Waals surface area contributed by atoms with Gasteiger partial charge in [0.2, 0.25) is 0 Å². The predicted molar refractivity (Wildman–Crippen MR) is 71.3 cm³/mol. The van der Waals surface area contributed by atoms with Gasteiger partial charge in [0.1, 0.15) is 11.6 Å². The molecule has 0 unspecified atom stereocenters. The van der Waals surface area contributed by atoms with Gasteiger partial charge in [-0.1, -0.05) is 19.9 Å². The number of aliphatic hydroxyl groups excluding tert-OH is 1. The summed E-state index contributed by atoms with van der Waals surface area (Å²) in [5, 5.41) is 18.8. The lowest BCUT2D eigenvalue weighted by molar-refractivity contribution is -0.277. The summed E-state index contributed by atoms with van der Waals surface area (Å²) in [6, 6.07) is 2.73. The first kappa shape index (κ1) is 17.0. The molecule has 0 bridgehead atoms. The monoisotopic (exact) mass is 322 g/mol. The van der Waals surface area contributed by atoms with Gasteiger partial charge in [0.15, 0.2) is 5.60 Å². The summed E-state index contributed by atoms with van der Waals surface area (Å²) >= 11 is 0. The molecule has 0 radical (unpaired) electrons. The van der Waals surface area contributed by atoms with Gasteiger partial charge >= 0.3 is 6.18 Å². The third-order valence-corrected chi connectivity index (χ3v) is 4.01. The van der Waals surface area contributed by atoms with Crippen LogP contribution in [0.15, 0.2) is 12.1 Å². The first-order chi connectivity index (χ1) is 10.0. The predicted octanol–water partition coefficient (Wildman–Crippen LogP) is 2.71. The molecular weight excluding hydrogens is 304 g/mol. The minimum atomic E-state index is -5.02. The number of benzene rings is 1. The van der Waals surface area contributed by atoms with E-state index < -0.39 is 36.0 Å². The highest BCUT2D eigenvalue weighted by Gasteiger charge is 2.56. The normalized spacial score (nSPS) is 17.8. The zero-order chi connectivity index (χ0) is 16.8. The van der Waals surface area contributed by atoms with Crippen molar-refractivity contribution in [3.05, 3.63) is 29.1 Å². The van der Waals surface area contributed by atoms with Crippen molar-refractivity contribution in [1.82, 2.24) is 0 Å². The Morgan fingerprint density at radius 2 is 1.86 bits per heavy atom. The van der Waals surface area contributed by atoms with Crippen LogP contribution in [-0.4, -0.2) is 35.2 Å². The van der Waals surface area contributed by atoms with Crippen LogP contribution < -0.4 is 4.74 Å². The molecule has 1 aromatic carbocycles. The lowest BCUT2D eigenvalue weighted by Gasteiger charge is -2.37. The standard InChI is InChI=1S/C15H18F4O3/c1-13(2,7-14(21,8-20)15(17,18)19)11-10(16)4-3-9-5-6-22-12(9)11/h3-4,20-21H,5-8H2,1-2H3/t14-/m0/s1. The molecule has 7 heteroatoms. The molecule has 1 heterocycles. The molecule has 1 aliphatic rings. The minimum absolute atomic E-state index is 0.00127. The smallest absolute Gasteiger partial charge is 0.419 e. The Hall–Kier alpha value is -1.34. The first-order valence-corrected chi connectivity index (χ1v) is 6.86. The van der Waals surface area contributed by atoms with Crippen molar-refractivity contribution in [2.75, 3.05) is 13.2 Å². The van der Waals surface area contributed by atoms with Crippen molar-refractivity contribution >= 4 is 0 Å². The summed E-state index contributed by atoms with van der Waals surface area (Å²) in [6.45, 7) is 1.63. The van der Waals surface area contributed by atoms with Gasteiger partial charge in [-0.3, -0.25) is 0 Å². The van der Waals surface area contributed by atoms with Crippen molar-refractivity contribution < 1.29 is 32.5 Å². The van der Waals surface area contributed by atoms with Gasteiger partial charge in [0, 0.05) is 12.0 Å². The number of hydrogen-bond acceptors (Lipinski definition) is 3. The molecule has 124 valence electrons. The maximum absolute atomic E-state index is 14.2. The minimum Gasteiger partial charge on any atom is -0.493 e. The molecule has 0 aromatic heterocycles. The van der Waals surface area contributed by atoms with Crippen molar-refractivity contribution in [2.24, 2.45) is 0 Å². The summed E-state index contributed by atoms with van der Waals surface area (Å²) in [5.74, 6) is -0.444. The average Bonchev–Trinajstić information content (AvgIpc) is 2.84. The summed E-state index contributed by atoms with van der Waals surface area (Å²) in [5.41, 5.74) is -3.96. The molecule has 0 saturated carbocycles. The molecular formula is C15H18F4O3. The van der Waals surface area contributed by atoms with E-state index in [-0.39, 0.29) is 11.3 Å². The number of rotatable bonds is 4. The molecule has 3 nitrogen and oxygen atoms in total. The molecule has 2 N–H and O–H groups in total. The number of ether oxygens (including phenoxy) is 1. The van der Waals surface area contributed by atoms with Gasteiger partial charge in [-0.15, -0.1) is 0 Å². The third kappa shape index (κ3) is 2.79. The number of hydrogen-bond donors (Lipinski definition) is 2. The van der Waals surface area contributed by atoms with Crippen LogP contribution in [0.3, 0.4) is 0 Å². The van der Waals surface area contributed by atoms with Gasteiger partial charge in [-0.25, -0.2) is 4.39 Å². The summed E-state index contributed by atoms with van der Waals surface area (Å²) < 4.78 is 58.5. The maximum Gasteiger partial charge on any atom is 0.419 e. The van der Waals surface area contributed by atoms with Crippen LogP contribution in [0.25, 0.3) is 0 Å². The van der Waals surface area contributed by atoms with Crippen LogP contribution in [0.2, 0.25) is 0 Å². The second-order valence-corrected chi connectivity index (χ2v) is 6.26. The molecule has 1 aliphatic heterocycles. The average molecular weight is 322 g/mol. The van der Waals surface area contributed by atoms with E-state index in [1.807, 2.05) is 0 Å². The number of aliphatic hydroxyl groups is 2. The molecule has 0 amide bonds. The van der Waals surface area contributed by atoms with Crippen molar-refractivity contribution in [2.45, 2.75) is 43.9 Å². The summed E-state index contributed by atoms with van der Waals surface area (Å²) in [4.78, 5) is 0. The molecule has 0 aliphatic carbocycles. The zero-order valence-electron chi connectivity index (χ0n) is 12.3. The Balaban J connectivity index is 2.46. The van der Waals surface area contributed by atoms with E-state index in [1.165, 1.54) is 19.9 Å². The highest BCUT2D eigenvalue weighted by Crippen LogP contribution is 2.46. The van der Waals surface area contributed by atoms with Crippen molar-refractivity contribution in [3.63, 3.8) is 0 Å². The Kier molecular flexibility index (Phi) is 4.16. The molecule has 1 atom stereocenters. The van der Waals surface area contributed by atoms with Crippen LogP contribution >= 0.6 is 0 Å². The van der Waals surface area contributed by atoms with Crippen molar-refractivity contribution in [3.8, 4) is 5.75 Å². The van der Waals surface area contributed by atoms with E-state index in [9.17, 15) is 22.7 Å². The van der Waals surface area contributed by atoms with Crippen LogP contribution in [-0.2, 0) is 11.8 Å². The van der Waals surface area contributed by atoms with Crippen LogP contribution in [0, 0.1) is 5.82 Å². The summed E-state index contributed by atoms with van der Waals surface area (Å²) in [6.07, 6.45) is -5.34. The highest BCUT2D eigenvalue weighted by molar-refractivity contribution is 5.48. The number of fused-ring (bicyclic) bond motifs is 1. The Bertz CT molecular complexity index is 569. The SMILES string of the molecule is CC(C)(C[C@](O)(CO)C(F)(F)F)c1c(F)ccc2c1OCC2. The third-order valence-electron chi connectivity index (χ3n) is 4.01. The van der Waals surface area contributed by atoms with Crippen LogP contribution in [0.4, 0.5) is 17.6 Å². The zero-order valence-corrected chi connectivity index (χ0v) is 12.3.